The highest BCUT2D eigenvalue weighted by Crippen LogP contribution is 2.03. The fourth-order valence-electron chi connectivity index (χ4n) is 2.38. The molecule has 0 aliphatic heterocycles. The smallest absolute Gasteiger partial charge is 0.220 e. The molecule has 0 aromatic rings. The van der Waals surface area contributed by atoms with Crippen LogP contribution in [0.1, 0.15) is 64.2 Å². The maximum absolute atomic E-state index is 11.6. The van der Waals surface area contributed by atoms with Gasteiger partial charge in [-0.1, -0.05) is 25.0 Å². The van der Waals surface area contributed by atoms with Gasteiger partial charge in [-0.05, 0) is 38.5 Å². The Morgan fingerprint density at radius 2 is 1.08 bits per heavy atom. The van der Waals surface area contributed by atoms with Crippen LogP contribution in [0.15, 0.2) is 25.3 Å². The second-order valence-corrected chi connectivity index (χ2v) is 6.23. The lowest BCUT2D eigenvalue weighted by Gasteiger charge is -2.08. The van der Waals surface area contributed by atoms with Gasteiger partial charge in [0.25, 0.3) is 0 Å². The maximum atomic E-state index is 11.6. The molecule has 0 radical (unpaired) electrons. The zero-order valence-corrected chi connectivity index (χ0v) is 15.8. The molecule has 0 atom stereocenters. The van der Waals surface area contributed by atoms with Gasteiger partial charge in [0.05, 0.1) is 0 Å². The second-order valence-electron chi connectivity index (χ2n) is 6.23. The molecule has 0 aromatic heterocycles. The van der Waals surface area contributed by atoms with Crippen molar-refractivity contribution in [1.82, 2.24) is 16.0 Å². The average molecular weight is 352 g/mol. The third kappa shape index (κ3) is 18.6. The molecule has 2 amide bonds. The van der Waals surface area contributed by atoms with E-state index in [9.17, 15) is 9.59 Å². The topological polar surface area (TPSA) is 70.2 Å². The minimum atomic E-state index is 0.116. The number of carbonyl (C=O) groups excluding carboxylic acids is 2. The molecule has 0 saturated carbocycles. The summed E-state index contributed by atoms with van der Waals surface area (Å²) in [5.74, 6) is 0.232. The molecule has 0 aliphatic rings. The molecule has 3 N–H and O–H groups in total. The van der Waals surface area contributed by atoms with Gasteiger partial charge in [0.15, 0.2) is 0 Å². The van der Waals surface area contributed by atoms with Crippen LogP contribution in [0.5, 0.6) is 0 Å². The summed E-state index contributed by atoms with van der Waals surface area (Å²) < 4.78 is 0. The number of nitrogens with one attached hydrogen (secondary N) is 3. The van der Waals surface area contributed by atoms with E-state index in [-0.39, 0.29) is 11.8 Å². The molecule has 0 fully saturated rings. The SMILES string of the molecule is C=CCCCCCC(=O)NCCNCCNC(=O)CCCCCC=C. The van der Waals surface area contributed by atoms with Gasteiger partial charge in [-0.2, -0.15) is 0 Å². The lowest BCUT2D eigenvalue weighted by Crippen LogP contribution is -2.36. The molecule has 25 heavy (non-hydrogen) atoms. The molecule has 144 valence electrons. The number of allylic oxidation sites excluding steroid dienone is 2. The van der Waals surface area contributed by atoms with Crippen LogP contribution in [0.3, 0.4) is 0 Å². The predicted octanol–water partition coefficient (Wildman–Crippen LogP) is 3.08. The maximum Gasteiger partial charge on any atom is 0.220 e. The lowest BCUT2D eigenvalue weighted by atomic mass is 10.1. The summed E-state index contributed by atoms with van der Waals surface area (Å²) in [5.41, 5.74) is 0. The first-order valence-electron chi connectivity index (χ1n) is 9.66. The van der Waals surface area contributed by atoms with Crippen molar-refractivity contribution in [2.75, 3.05) is 26.2 Å². The minimum Gasteiger partial charge on any atom is -0.355 e. The highest BCUT2D eigenvalue weighted by atomic mass is 16.2. The first-order chi connectivity index (χ1) is 12.2. The van der Waals surface area contributed by atoms with E-state index in [0.717, 1.165) is 64.5 Å². The van der Waals surface area contributed by atoms with E-state index in [2.05, 4.69) is 29.1 Å². The third-order valence-corrected chi connectivity index (χ3v) is 3.87. The Kier molecular flexibility index (Phi) is 17.5. The van der Waals surface area contributed by atoms with E-state index in [1.165, 1.54) is 0 Å². The number of hydrogen-bond donors (Lipinski definition) is 3. The van der Waals surface area contributed by atoms with Crippen LogP contribution in [0.25, 0.3) is 0 Å². The van der Waals surface area contributed by atoms with Crippen LogP contribution in [0.4, 0.5) is 0 Å². The molecule has 0 heterocycles. The Hall–Kier alpha value is -1.62. The van der Waals surface area contributed by atoms with E-state index < -0.39 is 0 Å². The standard InChI is InChI=1S/C20H37N3O2/c1-3-5-7-9-11-13-19(24)22-17-15-21-16-18-23-20(25)14-12-10-8-6-4-2/h3-4,21H,1-2,5-18H2,(H,22,24)(H,23,25). The minimum absolute atomic E-state index is 0.116. The fourth-order valence-corrected chi connectivity index (χ4v) is 2.38. The quantitative estimate of drug-likeness (QED) is 0.262. The first-order valence-corrected chi connectivity index (χ1v) is 9.66. The van der Waals surface area contributed by atoms with Gasteiger partial charge in [-0.15, -0.1) is 13.2 Å². The molecule has 0 unspecified atom stereocenters. The van der Waals surface area contributed by atoms with Crippen LogP contribution in [0.2, 0.25) is 0 Å². The van der Waals surface area contributed by atoms with Crippen LogP contribution in [-0.4, -0.2) is 38.0 Å². The summed E-state index contributed by atoms with van der Waals surface area (Å²) in [6.07, 6.45) is 13.3. The molecule has 0 bridgehead atoms. The van der Waals surface area contributed by atoms with Crippen LogP contribution >= 0.6 is 0 Å². The Balaban J connectivity index is 3.29. The molecule has 5 nitrogen and oxygen atoms in total. The van der Waals surface area contributed by atoms with Crippen molar-refractivity contribution < 1.29 is 9.59 Å². The largest absolute Gasteiger partial charge is 0.355 e. The lowest BCUT2D eigenvalue weighted by molar-refractivity contribution is -0.121. The summed E-state index contributed by atoms with van der Waals surface area (Å²) in [5, 5.41) is 9.02. The van der Waals surface area contributed by atoms with Crippen molar-refractivity contribution in [3.05, 3.63) is 25.3 Å². The molecule has 0 rings (SSSR count). The van der Waals surface area contributed by atoms with Gasteiger partial charge in [-0.25, -0.2) is 0 Å². The normalized spacial score (nSPS) is 10.2. The van der Waals surface area contributed by atoms with Crippen molar-refractivity contribution >= 4 is 11.8 Å². The zero-order chi connectivity index (χ0) is 18.6. The van der Waals surface area contributed by atoms with Crippen LogP contribution in [0, 0.1) is 0 Å². The molecule has 0 aromatic carbocycles. The van der Waals surface area contributed by atoms with Gasteiger partial charge in [-0.3, -0.25) is 9.59 Å². The number of carbonyl (C=O) groups is 2. The van der Waals surface area contributed by atoms with Crippen molar-refractivity contribution in [3.63, 3.8) is 0 Å². The van der Waals surface area contributed by atoms with Crippen LogP contribution < -0.4 is 16.0 Å². The summed E-state index contributed by atoms with van der Waals surface area (Å²) in [4.78, 5) is 23.2. The number of unbranched alkanes of at least 4 members (excludes halogenated alkanes) is 6. The molecular weight excluding hydrogens is 314 g/mol. The van der Waals surface area contributed by atoms with Gasteiger partial charge in [0.1, 0.15) is 0 Å². The van der Waals surface area contributed by atoms with E-state index in [1.807, 2.05) is 12.2 Å². The molecular formula is C20H37N3O2. The van der Waals surface area contributed by atoms with Gasteiger partial charge in [0.2, 0.25) is 11.8 Å². The van der Waals surface area contributed by atoms with E-state index in [1.54, 1.807) is 0 Å². The third-order valence-electron chi connectivity index (χ3n) is 3.87. The molecule has 0 aliphatic carbocycles. The summed E-state index contributed by atoms with van der Waals surface area (Å²) in [6, 6.07) is 0. The van der Waals surface area contributed by atoms with Crippen molar-refractivity contribution in [2.24, 2.45) is 0 Å². The molecule has 0 spiro atoms. The van der Waals surface area contributed by atoms with Crippen molar-refractivity contribution in [1.29, 1.82) is 0 Å². The van der Waals surface area contributed by atoms with Crippen LogP contribution in [-0.2, 0) is 9.59 Å². The van der Waals surface area contributed by atoms with E-state index in [0.29, 0.717) is 25.9 Å². The summed E-state index contributed by atoms with van der Waals surface area (Å²) >= 11 is 0. The second kappa shape index (κ2) is 18.7. The fraction of sp³-hybridized carbons (Fsp3) is 0.700. The Morgan fingerprint density at radius 1 is 0.640 bits per heavy atom. The zero-order valence-electron chi connectivity index (χ0n) is 15.8. The summed E-state index contributed by atoms with van der Waals surface area (Å²) in [6.45, 7) is 10.1. The number of amides is 2. The highest BCUT2D eigenvalue weighted by Gasteiger charge is 2.01. The van der Waals surface area contributed by atoms with Gasteiger partial charge in [0, 0.05) is 39.0 Å². The number of rotatable bonds is 18. The van der Waals surface area contributed by atoms with Gasteiger partial charge >= 0.3 is 0 Å². The van der Waals surface area contributed by atoms with Crippen molar-refractivity contribution in [2.45, 2.75) is 64.2 Å². The van der Waals surface area contributed by atoms with Gasteiger partial charge < -0.3 is 16.0 Å². The highest BCUT2D eigenvalue weighted by molar-refractivity contribution is 5.76. The predicted molar refractivity (Wildman–Crippen MR) is 105 cm³/mol. The van der Waals surface area contributed by atoms with E-state index >= 15 is 0 Å². The first kappa shape index (κ1) is 23.4. The Morgan fingerprint density at radius 3 is 1.48 bits per heavy atom. The molecule has 5 heteroatoms. The summed E-state index contributed by atoms with van der Waals surface area (Å²) in [7, 11) is 0. The van der Waals surface area contributed by atoms with Crippen molar-refractivity contribution in [3.8, 4) is 0 Å². The molecule has 0 saturated heterocycles. The van der Waals surface area contributed by atoms with E-state index in [4.69, 9.17) is 0 Å². The monoisotopic (exact) mass is 351 g/mol. The Labute approximate surface area is 153 Å². The average Bonchev–Trinajstić information content (AvgIpc) is 2.60. The Bertz CT molecular complexity index is 336. The number of hydrogen-bond acceptors (Lipinski definition) is 3.